The Morgan fingerprint density at radius 2 is 1.90 bits per heavy atom. The first kappa shape index (κ1) is 33.2. The first-order valence-electron chi connectivity index (χ1n) is 15.6. The van der Waals surface area contributed by atoms with Gasteiger partial charge in [-0.15, -0.1) is 0 Å². The maximum Gasteiger partial charge on any atom is 0.387 e. The van der Waals surface area contributed by atoms with Crippen molar-refractivity contribution in [2.24, 2.45) is 0 Å². The maximum absolute atomic E-state index is 14.9. The number of amides is 1. The standard InChI is InChI=1S/C32H35F3N8O5/c1-19(44)30(45)43-7-6-27(24(33)15-43)47-26-5-2-20(12-21(26)14-36)29-37-18-38-32(40-29)39-22-3-4-25(28(13-22)48-31(34)35)42-10-8-41(9-11-42)23-16-46-17-23/h2-5,12-13,18-19,23-24,27,31,44H,6-11,15-17H2,1H3,(H,37,38,39,40)/t19-,24+,27?/m0/s1. The first-order chi connectivity index (χ1) is 23.2. The number of ether oxygens (including phenoxy) is 3. The zero-order chi connectivity index (χ0) is 33.8. The molecule has 6 rings (SSSR count). The second-order valence-corrected chi connectivity index (χ2v) is 11.8. The number of carbonyl (C=O) groups is 1. The molecule has 13 nitrogen and oxygen atoms in total. The number of nitrogens with zero attached hydrogens (tertiary/aromatic N) is 7. The lowest BCUT2D eigenvalue weighted by Gasteiger charge is -2.43. The minimum absolute atomic E-state index is 0.0229. The third kappa shape index (κ3) is 7.53. The lowest BCUT2D eigenvalue weighted by Crippen LogP contribution is -2.56. The fourth-order valence-electron chi connectivity index (χ4n) is 5.93. The molecule has 2 aromatic carbocycles. The van der Waals surface area contributed by atoms with Crippen molar-refractivity contribution in [1.82, 2.24) is 24.8 Å². The van der Waals surface area contributed by atoms with Gasteiger partial charge in [0, 0.05) is 56.5 Å². The smallest absolute Gasteiger partial charge is 0.387 e. The third-order valence-corrected chi connectivity index (χ3v) is 8.58. The Morgan fingerprint density at radius 1 is 1.10 bits per heavy atom. The van der Waals surface area contributed by atoms with Gasteiger partial charge in [-0.25, -0.2) is 14.4 Å². The summed E-state index contributed by atoms with van der Waals surface area (Å²) in [5.74, 6) is -0.00631. The molecule has 0 saturated carbocycles. The highest BCUT2D eigenvalue weighted by molar-refractivity contribution is 5.80. The highest BCUT2D eigenvalue weighted by Gasteiger charge is 2.35. The van der Waals surface area contributed by atoms with E-state index >= 15 is 0 Å². The number of nitriles is 1. The molecule has 1 amide bonds. The number of benzene rings is 2. The van der Waals surface area contributed by atoms with Gasteiger partial charge in [0.2, 0.25) is 5.95 Å². The number of alkyl halides is 3. The van der Waals surface area contributed by atoms with E-state index in [4.69, 9.17) is 14.2 Å². The average molecular weight is 669 g/mol. The van der Waals surface area contributed by atoms with Crippen LogP contribution in [0, 0.1) is 11.3 Å². The topological polar surface area (TPSA) is 149 Å². The lowest BCUT2D eigenvalue weighted by atomic mass is 10.0. The van der Waals surface area contributed by atoms with Crippen LogP contribution in [0.3, 0.4) is 0 Å². The summed E-state index contributed by atoms with van der Waals surface area (Å²) in [4.78, 5) is 30.5. The number of likely N-dealkylation sites (tertiary alicyclic amines) is 1. The van der Waals surface area contributed by atoms with Crippen LogP contribution in [0.5, 0.6) is 11.5 Å². The fraction of sp³-hybridized carbons (Fsp3) is 0.469. The Morgan fingerprint density at radius 3 is 2.56 bits per heavy atom. The number of anilines is 3. The van der Waals surface area contributed by atoms with Gasteiger partial charge in [0.1, 0.15) is 30.4 Å². The Labute approximate surface area is 274 Å². The maximum atomic E-state index is 14.9. The van der Waals surface area contributed by atoms with E-state index in [2.05, 4.69) is 31.2 Å². The van der Waals surface area contributed by atoms with Crippen LogP contribution in [0.25, 0.3) is 11.4 Å². The van der Waals surface area contributed by atoms with E-state index in [-0.39, 0.29) is 48.3 Å². The Balaban J connectivity index is 1.13. The van der Waals surface area contributed by atoms with Crippen LogP contribution in [0.1, 0.15) is 18.9 Å². The first-order valence-corrected chi connectivity index (χ1v) is 15.6. The molecule has 3 saturated heterocycles. The van der Waals surface area contributed by atoms with Crippen LogP contribution >= 0.6 is 0 Å². The van der Waals surface area contributed by atoms with E-state index in [0.717, 1.165) is 26.3 Å². The van der Waals surface area contributed by atoms with Gasteiger partial charge < -0.3 is 34.4 Å². The number of halogens is 3. The number of piperazine rings is 1. The number of hydrogen-bond acceptors (Lipinski definition) is 12. The minimum atomic E-state index is -3.01. The van der Waals surface area contributed by atoms with Crippen molar-refractivity contribution in [1.29, 1.82) is 5.26 Å². The second-order valence-electron chi connectivity index (χ2n) is 11.8. The quantitative estimate of drug-likeness (QED) is 0.327. The molecule has 3 aromatic rings. The fourth-order valence-corrected chi connectivity index (χ4v) is 5.93. The van der Waals surface area contributed by atoms with Crippen LogP contribution in [0.2, 0.25) is 0 Å². The summed E-state index contributed by atoms with van der Waals surface area (Å²) in [6.45, 7) is 2.64. The summed E-state index contributed by atoms with van der Waals surface area (Å²) in [5.41, 5.74) is 1.57. The van der Waals surface area contributed by atoms with Gasteiger partial charge >= 0.3 is 6.61 Å². The second kappa shape index (κ2) is 14.6. The number of rotatable bonds is 10. The van der Waals surface area contributed by atoms with Crippen molar-refractivity contribution in [2.45, 2.75) is 44.4 Å². The number of aromatic nitrogens is 3. The van der Waals surface area contributed by atoms with Crippen LogP contribution in [-0.4, -0.2) is 119 Å². The zero-order valence-corrected chi connectivity index (χ0v) is 26.1. The minimum Gasteiger partial charge on any atom is -0.486 e. The summed E-state index contributed by atoms with van der Waals surface area (Å²) in [6.07, 6.45) is -2.16. The van der Waals surface area contributed by atoms with Crippen LogP contribution in [0.4, 0.5) is 30.5 Å². The molecule has 0 radical (unpaired) electrons. The van der Waals surface area contributed by atoms with Crippen molar-refractivity contribution in [3.05, 3.63) is 48.3 Å². The summed E-state index contributed by atoms with van der Waals surface area (Å²) in [7, 11) is 0. The van der Waals surface area contributed by atoms with E-state index in [1.807, 2.05) is 4.90 Å². The molecular formula is C32H35F3N8O5. The van der Waals surface area contributed by atoms with Gasteiger partial charge in [-0.05, 0) is 37.3 Å². The predicted molar refractivity (Wildman–Crippen MR) is 167 cm³/mol. The number of nitrogens with one attached hydrogen (secondary N) is 1. The zero-order valence-electron chi connectivity index (χ0n) is 26.1. The number of carbonyl (C=O) groups excluding carboxylic acids is 1. The summed E-state index contributed by atoms with van der Waals surface area (Å²) in [6, 6.07) is 12.0. The molecule has 3 atom stereocenters. The molecule has 0 spiro atoms. The van der Waals surface area contributed by atoms with E-state index in [1.165, 1.54) is 36.4 Å². The molecule has 3 fully saturated rings. The molecule has 2 N–H and O–H groups in total. The molecule has 3 aliphatic rings. The van der Waals surface area contributed by atoms with Gasteiger partial charge in [0.15, 0.2) is 17.7 Å². The molecule has 48 heavy (non-hydrogen) atoms. The predicted octanol–water partition coefficient (Wildman–Crippen LogP) is 2.97. The highest BCUT2D eigenvalue weighted by Crippen LogP contribution is 2.35. The van der Waals surface area contributed by atoms with Crippen molar-refractivity contribution >= 4 is 23.2 Å². The number of aliphatic hydroxyl groups is 1. The van der Waals surface area contributed by atoms with Crippen molar-refractivity contribution in [2.75, 3.05) is 62.7 Å². The molecule has 1 unspecified atom stereocenters. The largest absolute Gasteiger partial charge is 0.486 e. The summed E-state index contributed by atoms with van der Waals surface area (Å²) in [5, 5.41) is 22.4. The molecule has 0 bridgehead atoms. The van der Waals surface area contributed by atoms with E-state index < -0.39 is 30.9 Å². The lowest BCUT2D eigenvalue weighted by molar-refractivity contribution is -0.143. The average Bonchev–Trinajstić information content (AvgIpc) is 3.05. The van der Waals surface area contributed by atoms with Gasteiger partial charge in [0.25, 0.3) is 5.91 Å². The Bertz CT molecular complexity index is 1650. The van der Waals surface area contributed by atoms with Crippen LogP contribution in [-0.2, 0) is 9.53 Å². The van der Waals surface area contributed by atoms with Gasteiger partial charge in [0.05, 0.1) is 37.1 Å². The van der Waals surface area contributed by atoms with Crippen LogP contribution < -0.4 is 19.7 Å². The van der Waals surface area contributed by atoms with Crippen molar-refractivity contribution in [3.63, 3.8) is 0 Å². The SMILES string of the molecule is C[C@H](O)C(=O)N1CCC(Oc2ccc(-c3ncnc(Nc4ccc(N5CCN(C6COC6)CC5)c(OC(F)F)c4)n3)cc2C#N)[C@H](F)C1. The van der Waals surface area contributed by atoms with E-state index in [9.17, 15) is 28.3 Å². The molecule has 3 aliphatic heterocycles. The third-order valence-electron chi connectivity index (χ3n) is 8.58. The van der Waals surface area contributed by atoms with Crippen molar-refractivity contribution < 1.29 is 37.3 Å². The molecular weight excluding hydrogens is 633 g/mol. The van der Waals surface area contributed by atoms with Gasteiger partial charge in [-0.1, -0.05) is 0 Å². The summed E-state index contributed by atoms with van der Waals surface area (Å²) < 4.78 is 57.8. The number of aliphatic hydroxyl groups excluding tert-OH is 1. The molecule has 1 aromatic heterocycles. The van der Waals surface area contributed by atoms with E-state index in [0.29, 0.717) is 36.1 Å². The number of hydrogen-bond donors (Lipinski definition) is 2. The summed E-state index contributed by atoms with van der Waals surface area (Å²) >= 11 is 0. The monoisotopic (exact) mass is 668 g/mol. The van der Waals surface area contributed by atoms with Crippen molar-refractivity contribution in [3.8, 4) is 29.0 Å². The normalized spacial score (nSPS) is 20.9. The highest BCUT2D eigenvalue weighted by atomic mass is 19.3. The van der Waals surface area contributed by atoms with Gasteiger partial charge in [-0.3, -0.25) is 9.69 Å². The Kier molecular flexibility index (Phi) is 10.1. The molecule has 4 heterocycles. The van der Waals surface area contributed by atoms with Gasteiger partial charge in [-0.2, -0.15) is 19.0 Å². The van der Waals surface area contributed by atoms with Crippen LogP contribution in [0.15, 0.2) is 42.7 Å². The molecule has 16 heteroatoms. The Hall–Kier alpha value is -4.72. The number of piperidine rings is 1. The van der Waals surface area contributed by atoms with E-state index in [1.54, 1.807) is 18.2 Å². The molecule has 254 valence electrons. The molecule has 0 aliphatic carbocycles.